The summed E-state index contributed by atoms with van der Waals surface area (Å²) < 4.78 is 38.7. The molecule has 0 aliphatic rings. The van der Waals surface area contributed by atoms with Crippen molar-refractivity contribution in [2.24, 2.45) is 0 Å². The molecule has 92 valence electrons. The third-order valence-electron chi connectivity index (χ3n) is 2.12. The van der Waals surface area contributed by atoms with Crippen LogP contribution in [0, 0.1) is 6.92 Å². The molecule has 1 aromatic carbocycles. The molecular formula is C10H9NaO6S. The molecule has 0 saturated heterocycles. The summed E-state index contributed by atoms with van der Waals surface area (Å²) in [6.07, 6.45) is 0. The van der Waals surface area contributed by atoms with Gasteiger partial charge in [0.1, 0.15) is 11.3 Å². The third-order valence-corrected chi connectivity index (χ3v) is 2.53. The van der Waals surface area contributed by atoms with Crippen LogP contribution in [-0.4, -0.2) is 13.0 Å². The summed E-state index contributed by atoms with van der Waals surface area (Å²) in [5.74, 6) is -0.131. The second-order valence-corrected chi connectivity index (χ2v) is 4.44. The Hall–Kier alpha value is -0.860. The van der Waals surface area contributed by atoms with Crippen LogP contribution >= 0.6 is 0 Å². The molecule has 0 fully saturated rings. The van der Waals surface area contributed by atoms with E-state index in [4.69, 9.17) is 8.97 Å². The first-order valence-electron chi connectivity index (χ1n) is 4.56. The van der Waals surface area contributed by atoms with Crippen LogP contribution in [0.4, 0.5) is 0 Å². The number of benzene rings is 1. The first kappa shape index (κ1) is 15.2. The maximum absolute atomic E-state index is 11.1. The van der Waals surface area contributed by atoms with Gasteiger partial charge in [-0.05, 0) is 24.6 Å². The maximum atomic E-state index is 11.1. The number of hydrogen-bond acceptors (Lipinski definition) is 5. The smallest absolute Gasteiger partial charge is 1.00 e. The van der Waals surface area contributed by atoms with Gasteiger partial charge in [0.25, 0.3) is 0 Å². The summed E-state index contributed by atoms with van der Waals surface area (Å²) in [5.41, 5.74) is 0.352. The van der Waals surface area contributed by atoms with Crippen molar-refractivity contribution in [1.29, 1.82) is 0 Å². The molecule has 0 bridgehead atoms. The van der Waals surface area contributed by atoms with E-state index in [0.29, 0.717) is 10.9 Å². The van der Waals surface area contributed by atoms with E-state index in [-0.39, 0.29) is 42.3 Å². The topological polar surface area (TPSA) is 93.8 Å². The van der Waals surface area contributed by atoms with Gasteiger partial charge in [-0.3, -0.25) is 4.55 Å². The summed E-state index contributed by atoms with van der Waals surface area (Å²) in [6, 6.07) is 5.43. The van der Waals surface area contributed by atoms with E-state index in [1.54, 1.807) is 6.92 Å². The first-order chi connectivity index (χ1) is 7.85. The van der Waals surface area contributed by atoms with E-state index >= 15 is 0 Å². The largest absolute Gasteiger partial charge is 1.00 e. The van der Waals surface area contributed by atoms with E-state index < -0.39 is 16.0 Å². The molecule has 1 N–H and O–H groups in total. The minimum absolute atomic E-state index is 0. The van der Waals surface area contributed by atoms with Gasteiger partial charge in [-0.1, -0.05) is 0 Å². The molecule has 0 radical (unpaired) electrons. The molecule has 1 aromatic heterocycles. The van der Waals surface area contributed by atoms with Crippen LogP contribution in [0.3, 0.4) is 0 Å². The van der Waals surface area contributed by atoms with Crippen LogP contribution in [0.1, 0.15) is 6.99 Å². The van der Waals surface area contributed by atoms with Crippen LogP contribution in [0.5, 0.6) is 5.75 Å². The Kier molecular flexibility index (Phi) is 4.57. The minimum Gasteiger partial charge on any atom is -1.00 e. The Bertz CT molecular complexity index is 739. The second-order valence-electron chi connectivity index (χ2n) is 3.42. The van der Waals surface area contributed by atoms with Gasteiger partial charge < -0.3 is 10.0 Å². The van der Waals surface area contributed by atoms with Crippen LogP contribution < -0.4 is 39.4 Å². The normalized spacial score (nSPS) is 11.0. The minimum atomic E-state index is -4.59. The van der Waals surface area contributed by atoms with Crippen molar-refractivity contribution in [2.45, 2.75) is 6.92 Å². The molecule has 2 aromatic rings. The molecule has 1 heterocycles. The monoisotopic (exact) mass is 280 g/mol. The Morgan fingerprint density at radius 2 is 2.00 bits per heavy atom. The number of aryl methyl sites for hydroxylation is 1. The van der Waals surface area contributed by atoms with Crippen molar-refractivity contribution in [3.63, 3.8) is 0 Å². The van der Waals surface area contributed by atoms with Gasteiger partial charge >= 0.3 is 45.6 Å². The van der Waals surface area contributed by atoms with E-state index in [1.807, 2.05) is 0 Å². The van der Waals surface area contributed by atoms with Crippen LogP contribution in [0.25, 0.3) is 11.0 Å². The van der Waals surface area contributed by atoms with Gasteiger partial charge in [-0.2, -0.15) is 8.42 Å². The fourth-order valence-electron chi connectivity index (χ4n) is 1.48. The average molecular weight is 280 g/mol. The fraction of sp³-hybridized carbons (Fsp3) is 0.100. The summed E-state index contributed by atoms with van der Waals surface area (Å²) >= 11 is 0. The van der Waals surface area contributed by atoms with Crippen molar-refractivity contribution in [3.8, 4) is 5.75 Å². The Balaban J connectivity index is 0.00000162. The van der Waals surface area contributed by atoms with Gasteiger partial charge in [0, 0.05) is 17.5 Å². The average Bonchev–Trinajstić information content (AvgIpc) is 2.13. The van der Waals surface area contributed by atoms with Crippen LogP contribution in [0.2, 0.25) is 0 Å². The summed E-state index contributed by atoms with van der Waals surface area (Å²) in [6.45, 7) is 1.72. The quantitative estimate of drug-likeness (QED) is 0.404. The molecule has 2 rings (SSSR count). The Morgan fingerprint density at radius 3 is 2.61 bits per heavy atom. The summed E-state index contributed by atoms with van der Waals surface area (Å²) in [7, 11) is -4.59. The van der Waals surface area contributed by atoms with Gasteiger partial charge in [0.15, 0.2) is 0 Å². The summed E-state index contributed by atoms with van der Waals surface area (Å²) in [4.78, 5) is 11.1. The first-order valence-corrected chi connectivity index (χ1v) is 5.93. The van der Waals surface area contributed by atoms with Gasteiger partial charge in [0.2, 0.25) is 0 Å². The zero-order valence-corrected chi connectivity index (χ0v) is 12.5. The molecular weight excluding hydrogens is 271 g/mol. The molecule has 0 atom stereocenters. The Morgan fingerprint density at radius 1 is 1.33 bits per heavy atom. The number of hydrogen-bond donors (Lipinski definition) is 1. The molecule has 0 unspecified atom stereocenters. The molecule has 0 saturated carbocycles. The predicted octanol–water partition coefficient (Wildman–Crippen LogP) is -1.60. The second kappa shape index (κ2) is 5.41. The SMILES string of the molecule is Cc1cc(=O)oc2cc(OS(=O)(=O)O)ccc12.[H-].[Na+]. The molecule has 0 aliphatic carbocycles. The van der Waals surface area contributed by atoms with E-state index in [1.165, 1.54) is 24.3 Å². The van der Waals surface area contributed by atoms with Crippen LogP contribution in [-0.2, 0) is 10.4 Å². The van der Waals surface area contributed by atoms with Crippen molar-refractivity contribution >= 4 is 21.4 Å². The van der Waals surface area contributed by atoms with Gasteiger partial charge in [-0.15, -0.1) is 0 Å². The van der Waals surface area contributed by atoms with E-state index in [9.17, 15) is 13.2 Å². The molecule has 0 aliphatic heterocycles. The summed E-state index contributed by atoms with van der Waals surface area (Å²) in [5, 5.41) is 0.660. The Labute approximate surface area is 126 Å². The van der Waals surface area contributed by atoms with Crippen molar-refractivity contribution < 1.29 is 52.6 Å². The molecule has 6 nitrogen and oxygen atoms in total. The zero-order valence-electron chi connectivity index (χ0n) is 10.7. The fourth-order valence-corrected chi connectivity index (χ4v) is 1.83. The molecule has 18 heavy (non-hydrogen) atoms. The van der Waals surface area contributed by atoms with Gasteiger partial charge in [-0.25, -0.2) is 4.79 Å². The van der Waals surface area contributed by atoms with E-state index in [2.05, 4.69) is 4.18 Å². The number of rotatable bonds is 2. The van der Waals surface area contributed by atoms with Crippen molar-refractivity contribution in [2.75, 3.05) is 0 Å². The van der Waals surface area contributed by atoms with Crippen LogP contribution in [0.15, 0.2) is 33.5 Å². The molecule has 0 amide bonds. The number of fused-ring (bicyclic) bond motifs is 1. The van der Waals surface area contributed by atoms with Gasteiger partial charge in [0.05, 0.1) is 0 Å². The van der Waals surface area contributed by atoms with Crippen molar-refractivity contribution in [1.82, 2.24) is 0 Å². The third kappa shape index (κ3) is 3.56. The standard InChI is InChI=1S/C10H8O6S.Na.H/c1-6-4-10(11)15-9-5-7(2-3-8(6)9)16-17(12,13)14;;/h2-5H,1H3,(H,12,13,14);;/q;+1;-1. The molecule has 8 heteroatoms. The maximum Gasteiger partial charge on any atom is 1.00 e. The predicted molar refractivity (Wildman–Crippen MR) is 60.5 cm³/mol. The van der Waals surface area contributed by atoms with Crippen molar-refractivity contribution in [3.05, 3.63) is 40.2 Å². The van der Waals surface area contributed by atoms with E-state index in [0.717, 1.165) is 0 Å². The molecule has 0 spiro atoms. The zero-order chi connectivity index (χ0) is 12.6.